The van der Waals surface area contributed by atoms with Gasteiger partial charge in [0.15, 0.2) is 5.96 Å². The van der Waals surface area contributed by atoms with Crippen molar-refractivity contribution in [3.8, 4) is 0 Å². The largest absolute Gasteiger partial charge is 0.480 e. The molecule has 3 atom stereocenters. The van der Waals surface area contributed by atoms with E-state index < -0.39 is 41.7 Å². The van der Waals surface area contributed by atoms with Crippen molar-refractivity contribution < 1.29 is 24.3 Å². The van der Waals surface area contributed by atoms with Gasteiger partial charge in [0.1, 0.15) is 23.8 Å². The van der Waals surface area contributed by atoms with Gasteiger partial charge in [-0.3, -0.25) is 24.8 Å². The van der Waals surface area contributed by atoms with Gasteiger partial charge in [0, 0.05) is 26.2 Å². The predicted octanol–water partition coefficient (Wildman–Crippen LogP) is 0.296. The lowest BCUT2D eigenvalue weighted by atomic mass is 9.84. The number of carboxylic acids is 1. The van der Waals surface area contributed by atoms with Gasteiger partial charge in [-0.2, -0.15) is 0 Å². The zero-order valence-electron chi connectivity index (χ0n) is 23.9. The number of carbonyl (C=O) groups excluding carboxylic acids is 3. The van der Waals surface area contributed by atoms with Gasteiger partial charge in [0.2, 0.25) is 17.7 Å². The van der Waals surface area contributed by atoms with Crippen LogP contribution in [0.1, 0.15) is 62.5 Å². The maximum atomic E-state index is 13.6. The lowest BCUT2D eigenvalue weighted by Crippen LogP contribution is -2.54. The highest BCUT2D eigenvalue weighted by Crippen LogP contribution is 2.27. The van der Waals surface area contributed by atoms with Gasteiger partial charge in [-0.05, 0) is 37.2 Å². The second-order valence-corrected chi connectivity index (χ2v) is 10.7. The van der Waals surface area contributed by atoms with Crippen LogP contribution in [0.25, 0.3) is 0 Å². The van der Waals surface area contributed by atoms with E-state index in [9.17, 15) is 24.3 Å². The molecule has 13 heteroatoms. The van der Waals surface area contributed by atoms with E-state index in [1.54, 1.807) is 38.4 Å². The Bertz CT molecular complexity index is 1100. The third-order valence-corrected chi connectivity index (χ3v) is 7.25. The summed E-state index contributed by atoms with van der Waals surface area (Å²) in [6.07, 6.45) is 5.80. The Balaban J connectivity index is 2.24. The number of amidine groups is 1. The molecule has 1 fully saturated rings. The van der Waals surface area contributed by atoms with Crippen LogP contribution < -0.4 is 27.8 Å². The molecule has 0 bridgehead atoms. The van der Waals surface area contributed by atoms with Gasteiger partial charge in [-0.15, -0.1) is 0 Å². The third-order valence-electron chi connectivity index (χ3n) is 7.25. The van der Waals surface area contributed by atoms with Crippen LogP contribution in [0, 0.1) is 17.2 Å². The predicted molar refractivity (Wildman–Crippen MR) is 156 cm³/mol. The van der Waals surface area contributed by atoms with Crippen LogP contribution in [0.5, 0.6) is 0 Å². The standard InChI is InChI=1S/C28H44N8O5/c1-36(2)26(39)20(15-18-10-12-19(13-11-18)23(29)30)24(37)35-22(16-17-7-4-3-5-8-17)25(38)34-21(27(40)41)9-6-14-33-28(31)32/h10-13,17,20-22H,3-9,14-16H2,1-2H3,(H3,29,30)(H,34,38)(H,35,37)(H,40,41)(H4,31,32,33)/t20-,21?,22-/m0/s1. The SMILES string of the molecule is CN(C)C(=O)[C@@H](Cc1ccc(C(=N)N)cc1)C(=O)N[C@@H](CC1CCCCC1)C(=O)NC(CCCN=C(N)N)C(=O)O. The third kappa shape index (κ3) is 11.1. The summed E-state index contributed by atoms with van der Waals surface area (Å²) >= 11 is 0. The minimum atomic E-state index is -1.21. The minimum Gasteiger partial charge on any atom is -0.480 e. The van der Waals surface area contributed by atoms with Gasteiger partial charge in [0.25, 0.3) is 0 Å². The number of hydrogen-bond donors (Lipinski definition) is 7. The molecule has 2 rings (SSSR count). The molecule has 10 N–H and O–H groups in total. The summed E-state index contributed by atoms with van der Waals surface area (Å²) in [6.45, 7) is 0.214. The number of hydrogen-bond acceptors (Lipinski definition) is 6. The highest BCUT2D eigenvalue weighted by atomic mass is 16.4. The number of carbonyl (C=O) groups is 4. The van der Waals surface area contributed by atoms with Crippen LogP contribution in [-0.2, 0) is 25.6 Å². The zero-order valence-corrected chi connectivity index (χ0v) is 23.9. The van der Waals surface area contributed by atoms with Crippen LogP contribution in [0.3, 0.4) is 0 Å². The van der Waals surface area contributed by atoms with Crippen molar-refractivity contribution in [2.24, 2.45) is 34.0 Å². The lowest BCUT2D eigenvalue weighted by molar-refractivity contribution is -0.143. The van der Waals surface area contributed by atoms with E-state index in [1.165, 1.54) is 4.90 Å². The van der Waals surface area contributed by atoms with Crippen LogP contribution in [0.15, 0.2) is 29.3 Å². The van der Waals surface area contributed by atoms with Gasteiger partial charge >= 0.3 is 5.97 Å². The maximum absolute atomic E-state index is 13.6. The molecule has 1 aliphatic rings. The summed E-state index contributed by atoms with van der Waals surface area (Å²) in [5.74, 6) is -4.00. The van der Waals surface area contributed by atoms with Crippen LogP contribution >= 0.6 is 0 Å². The Kier molecular flexibility index (Phi) is 13.0. The molecule has 1 saturated carbocycles. The fourth-order valence-electron chi connectivity index (χ4n) is 4.95. The molecule has 3 amide bonds. The molecule has 0 spiro atoms. The monoisotopic (exact) mass is 572 g/mol. The highest BCUT2D eigenvalue weighted by Gasteiger charge is 2.34. The first kappa shape index (κ1) is 33.0. The number of nitrogens with one attached hydrogen (secondary N) is 3. The van der Waals surface area contributed by atoms with E-state index in [0.29, 0.717) is 24.0 Å². The topological polar surface area (TPSA) is 230 Å². The van der Waals surface area contributed by atoms with Crippen LogP contribution in [0.4, 0.5) is 0 Å². The summed E-state index contributed by atoms with van der Waals surface area (Å²) in [6, 6.07) is 4.48. The first-order chi connectivity index (χ1) is 19.4. The van der Waals surface area contributed by atoms with Gasteiger partial charge in [-0.25, -0.2) is 4.79 Å². The highest BCUT2D eigenvalue weighted by molar-refractivity contribution is 6.02. The number of nitrogens with zero attached hydrogens (tertiary/aromatic N) is 2. The molecule has 0 heterocycles. The number of amides is 3. The first-order valence-electron chi connectivity index (χ1n) is 13.9. The van der Waals surface area contributed by atoms with Crippen molar-refractivity contribution in [2.75, 3.05) is 20.6 Å². The number of nitrogens with two attached hydrogens (primary N) is 3. The van der Waals surface area contributed by atoms with E-state index in [0.717, 1.165) is 32.1 Å². The number of benzene rings is 1. The Morgan fingerprint density at radius 3 is 2.15 bits per heavy atom. The van der Waals surface area contributed by atoms with E-state index in [-0.39, 0.29) is 37.1 Å². The molecule has 1 aromatic carbocycles. The maximum Gasteiger partial charge on any atom is 0.326 e. The molecule has 0 saturated heterocycles. The normalized spacial score (nSPS) is 15.6. The van der Waals surface area contributed by atoms with Crippen molar-refractivity contribution in [1.82, 2.24) is 15.5 Å². The average molecular weight is 573 g/mol. The van der Waals surface area contributed by atoms with Crippen LogP contribution in [0.2, 0.25) is 0 Å². The molecule has 0 aromatic heterocycles. The smallest absolute Gasteiger partial charge is 0.326 e. The quantitative estimate of drug-likeness (QED) is 0.0667. The van der Waals surface area contributed by atoms with Crippen LogP contribution in [-0.4, -0.2) is 78.2 Å². The van der Waals surface area contributed by atoms with E-state index in [2.05, 4.69) is 15.6 Å². The Hall–Kier alpha value is -4.16. The second-order valence-electron chi connectivity index (χ2n) is 10.7. The lowest BCUT2D eigenvalue weighted by Gasteiger charge is -2.29. The van der Waals surface area contributed by atoms with Gasteiger partial charge < -0.3 is 37.8 Å². The molecule has 1 unspecified atom stereocenters. The molecule has 41 heavy (non-hydrogen) atoms. The first-order valence-corrected chi connectivity index (χ1v) is 13.9. The zero-order chi connectivity index (χ0) is 30.5. The second kappa shape index (κ2) is 16.2. The minimum absolute atomic E-state index is 0.0708. The van der Waals surface area contributed by atoms with Gasteiger partial charge in [0.05, 0.1) is 0 Å². The van der Waals surface area contributed by atoms with Crippen molar-refractivity contribution in [1.29, 1.82) is 5.41 Å². The number of carboxylic acid groups (broad SMARTS) is 1. The fourth-order valence-corrected chi connectivity index (χ4v) is 4.95. The molecular weight excluding hydrogens is 528 g/mol. The van der Waals surface area contributed by atoms with Crippen molar-refractivity contribution >= 4 is 35.5 Å². The van der Waals surface area contributed by atoms with E-state index in [4.69, 9.17) is 22.6 Å². The van der Waals surface area contributed by atoms with E-state index >= 15 is 0 Å². The summed E-state index contributed by atoms with van der Waals surface area (Å²) in [5.41, 5.74) is 17.4. The number of aliphatic imine (C=N–C) groups is 1. The molecule has 0 aliphatic heterocycles. The molecule has 1 aliphatic carbocycles. The fraction of sp³-hybridized carbons (Fsp3) is 0.571. The summed E-state index contributed by atoms with van der Waals surface area (Å²) in [4.78, 5) is 57.1. The summed E-state index contributed by atoms with van der Waals surface area (Å²) in [7, 11) is 3.10. The molecule has 226 valence electrons. The molecular formula is C28H44N8O5. The molecule has 0 radical (unpaired) electrons. The van der Waals surface area contributed by atoms with Gasteiger partial charge in [-0.1, -0.05) is 56.4 Å². The Morgan fingerprint density at radius 2 is 1.61 bits per heavy atom. The van der Waals surface area contributed by atoms with Crippen molar-refractivity contribution in [3.63, 3.8) is 0 Å². The number of aliphatic carboxylic acids is 1. The van der Waals surface area contributed by atoms with E-state index in [1.807, 2.05) is 0 Å². The Labute approximate surface area is 240 Å². The molecule has 1 aromatic rings. The molecule has 13 nitrogen and oxygen atoms in total. The number of guanidine groups is 1. The number of rotatable bonds is 15. The summed E-state index contributed by atoms with van der Waals surface area (Å²) in [5, 5.41) is 22.6. The average Bonchev–Trinajstić information content (AvgIpc) is 2.92. The number of nitrogen functional groups attached to an aromatic ring is 1. The van der Waals surface area contributed by atoms with Crippen molar-refractivity contribution in [2.45, 2.75) is 69.9 Å². The van der Waals surface area contributed by atoms with Crippen molar-refractivity contribution in [3.05, 3.63) is 35.4 Å². The Morgan fingerprint density at radius 1 is 1.00 bits per heavy atom. The summed E-state index contributed by atoms with van der Waals surface area (Å²) < 4.78 is 0.